The molecule has 0 saturated heterocycles. The number of benzene rings is 6. The molecule has 0 N–H and O–H groups in total. The van der Waals surface area contributed by atoms with Crippen LogP contribution in [0.25, 0.3) is 66.4 Å². The van der Waals surface area contributed by atoms with Crippen molar-refractivity contribution < 1.29 is 4.42 Å². The van der Waals surface area contributed by atoms with Crippen LogP contribution in [0.5, 0.6) is 0 Å². The average molecular weight is 553 g/mol. The maximum Gasteiger partial charge on any atom is 0.143 e. The van der Waals surface area contributed by atoms with Crippen LogP contribution in [0.3, 0.4) is 0 Å². The first-order chi connectivity index (χ1) is 21.0. The molecule has 0 atom stereocenters. The molecule has 0 aliphatic heterocycles. The van der Waals surface area contributed by atoms with E-state index in [2.05, 4.69) is 143 Å². The molecule has 0 saturated carbocycles. The van der Waals surface area contributed by atoms with Crippen molar-refractivity contribution in [3.8, 4) is 22.3 Å². The van der Waals surface area contributed by atoms with Crippen molar-refractivity contribution in [3.05, 3.63) is 155 Å². The lowest BCUT2D eigenvalue weighted by Crippen LogP contribution is -2.23. The Labute approximate surface area is 251 Å². The fourth-order valence-corrected chi connectivity index (χ4v) is 7.54. The van der Waals surface area contributed by atoms with Gasteiger partial charge in [0.1, 0.15) is 11.0 Å². The lowest BCUT2D eigenvalue weighted by atomic mass is 9.82. The van der Waals surface area contributed by atoms with Crippen molar-refractivity contribution in [3.63, 3.8) is 0 Å². The molecule has 0 spiro atoms. The molecule has 0 radical (unpaired) electrons. The lowest BCUT2D eigenvalue weighted by molar-refractivity contribution is 0.575. The molecule has 1 aliphatic carbocycles. The third-order valence-corrected chi connectivity index (χ3v) is 9.44. The third-order valence-electron chi connectivity index (χ3n) is 9.44. The zero-order chi connectivity index (χ0) is 29.3. The Balaban J connectivity index is 1.56. The quantitative estimate of drug-likeness (QED) is 0.199. The molecule has 6 aromatic carbocycles. The van der Waals surface area contributed by atoms with Crippen LogP contribution in [0.4, 0.5) is 0 Å². The maximum absolute atomic E-state index is 6.84. The second-order valence-electron chi connectivity index (χ2n) is 12.1. The van der Waals surface area contributed by atoms with Crippen molar-refractivity contribution in [1.29, 1.82) is 0 Å². The molecule has 0 bridgehead atoms. The van der Waals surface area contributed by atoms with E-state index < -0.39 is 0 Å². The van der Waals surface area contributed by atoms with Gasteiger partial charge in [-0.2, -0.15) is 0 Å². The van der Waals surface area contributed by atoms with Gasteiger partial charge >= 0.3 is 0 Å². The van der Waals surface area contributed by atoms with Crippen molar-refractivity contribution >= 4 is 44.2 Å². The number of hydrogen-bond acceptors (Lipinski definition) is 1. The van der Waals surface area contributed by atoms with Gasteiger partial charge in [-0.15, -0.1) is 0 Å². The van der Waals surface area contributed by atoms with E-state index in [1.54, 1.807) is 0 Å². The topological polar surface area (TPSA) is 13.1 Å². The largest absolute Gasteiger partial charge is 0.455 e. The van der Waals surface area contributed by atoms with Crippen molar-refractivity contribution in [1.82, 2.24) is 0 Å². The Morgan fingerprint density at radius 2 is 1.23 bits per heavy atom. The average Bonchev–Trinajstić information content (AvgIpc) is 3.52. The van der Waals surface area contributed by atoms with Crippen LogP contribution in [-0.2, 0) is 5.41 Å². The van der Waals surface area contributed by atoms with Gasteiger partial charge in [0.05, 0.1) is 0 Å². The summed E-state index contributed by atoms with van der Waals surface area (Å²) < 4.78 is 6.84. The molecule has 1 heterocycles. The predicted molar refractivity (Wildman–Crippen MR) is 183 cm³/mol. The predicted octanol–water partition coefficient (Wildman–Crippen LogP) is 9.90. The number of fused-ring (bicyclic) bond motifs is 7. The van der Waals surface area contributed by atoms with E-state index >= 15 is 0 Å². The van der Waals surface area contributed by atoms with E-state index in [4.69, 9.17) is 4.42 Å². The minimum Gasteiger partial charge on any atom is -0.455 e. The highest BCUT2D eigenvalue weighted by molar-refractivity contribution is 6.19. The van der Waals surface area contributed by atoms with Gasteiger partial charge in [0.25, 0.3) is 0 Å². The van der Waals surface area contributed by atoms with Crippen molar-refractivity contribution in [2.45, 2.75) is 26.2 Å². The van der Waals surface area contributed by atoms with Gasteiger partial charge in [-0.25, -0.2) is 0 Å². The summed E-state index contributed by atoms with van der Waals surface area (Å²) in [6, 6.07) is 41.8. The summed E-state index contributed by atoms with van der Waals surface area (Å²) in [6.07, 6.45) is 3.85. The van der Waals surface area contributed by atoms with Crippen LogP contribution in [0, 0.1) is 0 Å². The van der Waals surface area contributed by atoms with Gasteiger partial charge in [0, 0.05) is 21.6 Å². The summed E-state index contributed by atoms with van der Waals surface area (Å²) in [7, 11) is 0. The van der Waals surface area contributed by atoms with E-state index in [1.165, 1.54) is 66.1 Å². The van der Waals surface area contributed by atoms with Crippen molar-refractivity contribution in [2.75, 3.05) is 0 Å². The lowest BCUT2D eigenvalue weighted by Gasteiger charge is -2.21. The molecule has 0 fully saturated rings. The molecule has 8 rings (SSSR count). The van der Waals surface area contributed by atoms with Crippen molar-refractivity contribution in [2.24, 2.45) is 0 Å². The number of allylic oxidation sites excluding steroid dienone is 1. The standard InChI is InChI=1S/C42H32O/c1-5-15-36-38(33-24-25-35-40(41(33)43-36)32-22-13-14-23-34(32)42(35,3)4)26(2)37-28-18-9-11-20-30(28)39(27-16-7-6-8-17-27)31-21-12-10-19-29(31)37/h5-25H,1H2,2-4H3/b36-15+,38-26+. The Hall–Kier alpha value is -5.14. The van der Waals surface area contributed by atoms with Crippen LogP contribution in [-0.4, -0.2) is 0 Å². The SMILES string of the molecule is C=C/C=c1/oc2c3c(ccc2/c1=C(/C)c1c2ccccc2c(-c2ccccc2)c2ccccc12)C(C)(C)c1ccccc1-3. The number of furan rings is 1. The van der Waals surface area contributed by atoms with E-state index in [0.717, 1.165) is 21.6 Å². The molecule has 1 heteroatoms. The molecular formula is C42H32O. The molecule has 1 aromatic heterocycles. The van der Waals surface area contributed by atoms with Gasteiger partial charge in [0.15, 0.2) is 0 Å². The normalized spacial score (nSPS) is 14.7. The van der Waals surface area contributed by atoms with E-state index in [1.807, 2.05) is 12.2 Å². The molecule has 206 valence electrons. The summed E-state index contributed by atoms with van der Waals surface area (Å²) in [5.74, 6) is 0. The van der Waals surface area contributed by atoms with E-state index in [-0.39, 0.29) is 5.41 Å². The zero-order valence-corrected chi connectivity index (χ0v) is 24.7. The first-order valence-corrected chi connectivity index (χ1v) is 15.0. The summed E-state index contributed by atoms with van der Waals surface area (Å²) >= 11 is 0. The minimum atomic E-state index is -0.0895. The Kier molecular flexibility index (Phi) is 5.61. The van der Waals surface area contributed by atoms with E-state index in [9.17, 15) is 0 Å². The van der Waals surface area contributed by atoms with Crippen LogP contribution < -0.4 is 10.6 Å². The molecule has 1 aliphatic rings. The van der Waals surface area contributed by atoms with Crippen LogP contribution in [0.2, 0.25) is 0 Å². The van der Waals surface area contributed by atoms with Gasteiger partial charge < -0.3 is 4.42 Å². The molecule has 1 nitrogen and oxygen atoms in total. The summed E-state index contributed by atoms with van der Waals surface area (Å²) in [4.78, 5) is 0. The molecular weight excluding hydrogens is 520 g/mol. The number of hydrogen-bond donors (Lipinski definition) is 0. The first-order valence-electron chi connectivity index (χ1n) is 15.0. The van der Waals surface area contributed by atoms with Crippen LogP contribution >= 0.6 is 0 Å². The Morgan fingerprint density at radius 3 is 1.91 bits per heavy atom. The monoisotopic (exact) mass is 552 g/mol. The highest BCUT2D eigenvalue weighted by Gasteiger charge is 2.37. The fourth-order valence-electron chi connectivity index (χ4n) is 7.54. The van der Waals surface area contributed by atoms with Gasteiger partial charge in [-0.05, 0) is 73.5 Å². The summed E-state index contributed by atoms with van der Waals surface area (Å²) in [5.41, 5.74) is 11.8. The maximum atomic E-state index is 6.84. The smallest absolute Gasteiger partial charge is 0.143 e. The Bertz CT molecular complexity index is 2330. The highest BCUT2D eigenvalue weighted by Crippen LogP contribution is 2.51. The summed E-state index contributed by atoms with van der Waals surface area (Å²) in [6.45, 7) is 10.9. The van der Waals surface area contributed by atoms with Gasteiger partial charge in [0.2, 0.25) is 0 Å². The first kappa shape index (κ1) is 25.6. The summed E-state index contributed by atoms with van der Waals surface area (Å²) in [5, 5.41) is 7.24. The third kappa shape index (κ3) is 3.58. The zero-order valence-electron chi connectivity index (χ0n) is 24.7. The minimum absolute atomic E-state index is 0.0895. The molecule has 7 aromatic rings. The Morgan fingerprint density at radius 1 is 0.628 bits per heavy atom. The van der Waals surface area contributed by atoms with Crippen LogP contribution in [0.15, 0.2) is 132 Å². The fraction of sp³-hybridized carbons (Fsp3) is 0.0952. The highest BCUT2D eigenvalue weighted by atomic mass is 16.3. The second-order valence-corrected chi connectivity index (χ2v) is 12.1. The number of rotatable bonds is 3. The molecule has 43 heavy (non-hydrogen) atoms. The molecule has 0 unspecified atom stereocenters. The second kappa shape index (κ2) is 9.44. The molecule has 0 amide bonds. The van der Waals surface area contributed by atoms with Gasteiger partial charge in [-0.3, -0.25) is 0 Å². The van der Waals surface area contributed by atoms with E-state index in [0.29, 0.717) is 0 Å². The van der Waals surface area contributed by atoms with Crippen LogP contribution in [0.1, 0.15) is 37.5 Å². The van der Waals surface area contributed by atoms with Gasteiger partial charge in [-0.1, -0.05) is 142 Å².